The fourth-order valence-corrected chi connectivity index (χ4v) is 2.56. The Hall–Kier alpha value is -3.35. The number of benzene rings is 2. The average molecular weight is 342 g/mol. The number of ether oxygens (including phenoxy) is 3. The number of phenols is 1. The van der Waals surface area contributed by atoms with Crippen molar-refractivity contribution in [1.29, 1.82) is 0 Å². The van der Waals surface area contributed by atoms with E-state index in [4.69, 9.17) is 24.4 Å². The van der Waals surface area contributed by atoms with Crippen LogP contribution in [0.1, 0.15) is 0 Å². The fraction of sp³-hybridized carbons (Fsp3) is 0.167. The van der Waals surface area contributed by atoms with E-state index in [1.807, 2.05) is 6.07 Å². The number of nitrogens with zero attached hydrogens (tertiary/aromatic N) is 1. The summed E-state index contributed by atoms with van der Waals surface area (Å²) in [6.07, 6.45) is 1.34. The van der Waals surface area contributed by atoms with Crippen molar-refractivity contribution in [2.45, 2.75) is 0 Å². The molecule has 0 amide bonds. The van der Waals surface area contributed by atoms with Crippen LogP contribution >= 0.6 is 0 Å². The van der Waals surface area contributed by atoms with Crippen LogP contribution in [0.15, 0.2) is 41.1 Å². The molecule has 0 atom stereocenters. The van der Waals surface area contributed by atoms with Gasteiger partial charge in [0.25, 0.3) is 0 Å². The van der Waals surface area contributed by atoms with Crippen LogP contribution in [0.25, 0.3) is 22.6 Å². The highest BCUT2D eigenvalue weighted by Gasteiger charge is 2.19. The minimum Gasteiger partial charge on any atom is -0.502 e. The Bertz CT molecular complexity index is 879. The van der Waals surface area contributed by atoms with E-state index in [9.17, 15) is 5.11 Å². The highest BCUT2D eigenvalue weighted by Crippen LogP contribution is 2.42. The molecule has 0 fully saturated rings. The normalized spacial score (nSPS) is 10.5. The Morgan fingerprint density at radius 2 is 1.56 bits per heavy atom. The van der Waals surface area contributed by atoms with E-state index in [1.165, 1.54) is 20.6 Å². The van der Waals surface area contributed by atoms with Gasteiger partial charge in [0, 0.05) is 11.1 Å². The van der Waals surface area contributed by atoms with Crippen LogP contribution < -0.4 is 19.9 Å². The minimum absolute atomic E-state index is 0.0764. The van der Waals surface area contributed by atoms with Gasteiger partial charge >= 0.3 is 0 Å². The van der Waals surface area contributed by atoms with Crippen LogP contribution in [-0.4, -0.2) is 31.4 Å². The third-order valence-corrected chi connectivity index (χ3v) is 3.81. The number of nitrogen functional groups attached to an aromatic ring is 1. The molecule has 3 N–H and O–H groups in total. The van der Waals surface area contributed by atoms with Crippen LogP contribution in [0.3, 0.4) is 0 Å². The van der Waals surface area contributed by atoms with Gasteiger partial charge in [0.1, 0.15) is 11.4 Å². The summed E-state index contributed by atoms with van der Waals surface area (Å²) in [6, 6.07) is 8.65. The van der Waals surface area contributed by atoms with E-state index >= 15 is 0 Å². The number of phenolic OH excluding ortho intramolecular Hbond substituents is 1. The summed E-state index contributed by atoms with van der Waals surface area (Å²) < 4.78 is 21.1. The van der Waals surface area contributed by atoms with E-state index in [2.05, 4.69) is 4.98 Å². The van der Waals surface area contributed by atoms with Crippen LogP contribution in [0.4, 0.5) is 5.69 Å². The first-order valence-corrected chi connectivity index (χ1v) is 7.41. The molecule has 7 heteroatoms. The molecule has 0 spiro atoms. The van der Waals surface area contributed by atoms with Gasteiger partial charge in [-0.15, -0.1) is 0 Å². The van der Waals surface area contributed by atoms with Gasteiger partial charge in [0.15, 0.2) is 23.7 Å². The lowest BCUT2D eigenvalue weighted by Crippen LogP contribution is -1.93. The SMILES string of the molecule is COc1ccc(-c2ocnc2-c2cc(OC)c(O)c(OC)c2)cc1N. The third kappa shape index (κ3) is 2.91. The maximum atomic E-state index is 10.1. The van der Waals surface area contributed by atoms with Crippen molar-refractivity contribution >= 4 is 5.69 Å². The molecule has 1 heterocycles. The number of anilines is 1. The molecule has 25 heavy (non-hydrogen) atoms. The van der Waals surface area contributed by atoms with Gasteiger partial charge in [0.05, 0.1) is 27.0 Å². The van der Waals surface area contributed by atoms with E-state index in [0.29, 0.717) is 28.5 Å². The standard InChI is InChI=1S/C18H18N2O5/c1-22-13-5-4-10(6-12(13)19)18-16(20-9-25-18)11-7-14(23-2)17(21)15(8-11)24-3/h4-9,21H,19H2,1-3H3. The summed E-state index contributed by atoms with van der Waals surface area (Å²) in [4.78, 5) is 4.28. The first-order valence-electron chi connectivity index (χ1n) is 7.41. The molecule has 130 valence electrons. The molecule has 0 aliphatic heterocycles. The van der Waals surface area contributed by atoms with Crippen LogP contribution in [0, 0.1) is 0 Å². The van der Waals surface area contributed by atoms with Gasteiger partial charge in [-0.3, -0.25) is 0 Å². The zero-order valence-electron chi connectivity index (χ0n) is 14.1. The van der Waals surface area contributed by atoms with Crippen LogP contribution in [0.5, 0.6) is 23.0 Å². The number of hydrogen-bond donors (Lipinski definition) is 2. The molecule has 0 bridgehead atoms. The predicted molar refractivity (Wildman–Crippen MR) is 93.1 cm³/mol. The van der Waals surface area contributed by atoms with Crippen molar-refractivity contribution in [3.8, 4) is 45.6 Å². The van der Waals surface area contributed by atoms with E-state index < -0.39 is 0 Å². The van der Waals surface area contributed by atoms with Crippen molar-refractivity contribution in [3.05, 3.63) is 36.7 Å². The second-order valence-corrected chi connectivity index (χ2v) is 5.22. The number of aromatic nitrogens is 1. The predicted octanol–water partition coefficient (Wildman–Crippen LogP) is 3.32. The first-order chi connectivity index (χ1) is 12.1. The Labute approximate surface area is 144 Å². The number of aromatic hydroxyl groups is 1. The van der Waals surface area contributed by atoms with Gasteiger partial charge in [-0.1, -0.05) is 0 Å². The lowest BCUT2D eigenvalue weighted by molar-refractivity contribution is 0.340. The van der Waals surface area contributed by atoms with E-state index in [-0.39, 0.29) is 17.2 Å². The highest BCUT2D eigenvalue weighted by molar-refractivity contribution is 5.81. The van der Waals surface area contributed by atoms with Gasteiger partial charge in [-0.2, -0.15) is 0 Å². The highest BCUT2D eigenvalue weighted by atomic mass is 16.5. The first kappa shape index (κ1) is 16.5. The molecular weight excluding hydrogens is 324 g/mol. The summed E-state index contributed by atoms with van der Waals surface area (Å²) in [5.74, 6) is 1.59. The number of hydrogen-bond acceptors (Lipinski definition) is 7. The maximum absolute atomic E-state index is 10.1. The lowest BCUT2D eigenvalue weighted by Gasteiger charge is -2.11. The van der Waals surface area contributed by atoms with Crippen LogP contribution in [0.2, 0.25) is 0 Å². The van der Waals surface area contributed by atoms with Crippen molar-refractivity contribution in [2.75, 3.05) is 27.1 Å². The molecule has 3 rings (SSSR count). The number of methoxy groups -OCH3 is 3. The third-order valence-electron chi connectivity index (χ3n) is 3.81. The van der Waals surface area contributed by atoms with Gasteiger partial charge < -0.3 is 29.5 Å². The van der Waals surface area contributed by atoms with Crippen molar-refractivity contribution in [3.63, 3.8) is 0 Å². The van der Waals surface area contributed by atoms with Gasteiger partial charge in [0.2, 0.25) is 5.75 Å². The Balaban J connectivity index is 2.13. The fourth-order valence-electron chi connectivity index (χ4n) is 2.56. The summed E-state index contributed by atoms with van der Waals surface area (Å²) in [6.45, 7) is 0. The zero-order valence-corrected chi connectivity index (χ0v) is 14.1. The summed E-state index contributed by atoms with van der Waals surface area (Å²) in [7, 11) is 4.48. The smallest absolute Gasteiger partial charge is 0.200 e. The topological polar surface area (TPSA) is 100.0 Å². The largest absolute Gasteiger partial charge is 0.502 e. The maximum Gasteiger partial charge on any atom is 0.200 e. The quantitative estimate of drug-likeness (QED) is 0.686. The molecule has 0 aliphatic carbocycles. The van der Waals surface area contributed by atoms with Gasteiger partial charge in [-0.25, -0.2) is 4.98 Å². The number of oxazole rings is 1. The summed E-state index contributed by atoms with van der Waals surface area (Å²) in [5.41, 5.74) is 8.46. The molecular formula is C18H18N2O5. The molecule has 7 nitrogen and oxygen atoms in total. The second-order valence-electron chi connectivity index (χ2n) is 5.22. The molecule has 3 aromatic rings. The van der Waals surface area contributed by atoms with Crippen LogP contribution in [-0.2, 0) is 0 Å². The minimum atomic E-state index is -0.0764. The molecule has 0 saturated heterocycles. The average Bonchev–Trinajstić information content (AvgIpc) is 3.11. The van der Waals surface area contributed by atoms with Crippen molar-refractivity contribution < 1.29 is 23.7 Å². The monoisotopic (exact) mass is 342 g/mol. The van der Waals surface area contributed by atoms with Crippen molar-refractivity contribution in [1.82, 2.24) is 4.98 Å². The second kappa shape index (κ2) is 6.64. The molecule has 0 unspecified atom stereocenters. The molecule has 0 radical (unpaired) electrons. The zero-order chi connectivity index (χ0) is 18.0. The molecule has 0 saturated carbocycles. The van der Waals surface area contributed by atoms with Crippen molar-refractivity contribution in [2.24, 2.45) is 0 Å². The molecule has 2 aromatic carbocycles. The van der Waals surface area contributed by atoms with E-state index in [0.717, 1.165) is 5.56 Å². The Morgan fingerprint density at radius 3 is 2.12 bits per heavy atom. The molecule has 0 aliphatic rings. The Kier molecular flexibility index (Phi) is 4.38. The number of nitrogens with two attached hydrogens (primary N) is 1. The Morgan fingerprint density at radius 1 is 0.920 bits per heavy atom. The lowest BCUT2D eigenvalue weighted by atomic mass is 10.0. The molecule has 1 aromatic heterocycles. The van der Waals surface area contributed by atoms with E-state index in [1.54, 1.807) is 31.4 Å². The summed E-state index contributed by atoms with van der Waals surface area (Å²) in [5, 5.41) is 10.1. The number of rotatable bonds is 5. The van der Waals surface area contributed by atoms with Gasteiger partial charge in [-0.05, 0) is 30.3 Å². The summed E-state index contributed by atoms with van der Waals surface area (Å²) >= 11 is 0.